The highest BCUT2D eigenvalue weighted by atomic mass is 16.2. The minimum atomic E-state index is -0.116. The van der Waals surface area contributed by atoms with E-state index in [2.05, 4.69) is 77.4 Å². The minimum Gasteiger partial charge on any atom is -0.356 e. The normalized spacial score (nSPS) is 12.9. The molecule has 0 fully saturated rings. The molecule has 0 radical (unpaired) electrons. The standard InChI is InChI=1S/C48H96N6O4/c1-9-11-13-15-17-19-21-23-27-37-45(55)49-39-33-29-35-43(53(3,4)5)47(57)51-41-31-25-26-32-42-52-48(58)44(54(6,7)8)36-30-34-40-50-46(56)38-28-24-22-20-18-16-14-12-10-2/h43-44H,9-42H2,1-8H3,(H2-2,49,50,51,52,55,56,57,58)/p+2. The third kappa shape index (κ3) is 33.6. The van der Waals surface area contributed by atoms with E-state index >= 15 is 0 Å². The minimum absolute atomic E-state index is 0.108. The van der Waals surface area contributed by atoms with Crippen molar-refractivity contribution in [1.82, 2.24) is 21.3 Å². The lowest BCUT2D eigenvalue weighted by atomic mass is 10.1. The van der Waals surface area contributed by atoms with Gasteiger partial charge < -0.3 is 30.2 Å². The van der Waals surface area contributed by atoms with Crippen LogP contribution in [0.5, 0.6) is 0 Å². The van der Waals surface area contributed by atoms with Gasteiger partial charge in [0.2, 0.25) is 11.8 Å². The number of amides is 4. The van der Waals surface area contributed by atoms with Gasteiger partial charge in [0.1, 0.15) is 0 Å². The predicted octanol–water partition coefficient (Wildman–Crippen LogP) is 9.34. The Morgan fingerprint density at radius 2 is 0.603 bits per heavy atom. The number of nitrogens with one attached hydrogen (secondary N) is 4. The lowest BCUT2D eigenvalue weighted by molar-refractivity contribution is -0.886. The Bertz CT molecular complexity index is 945. The molecule has 0 aromatic carbocycles. The smallest absolute Gasteiger partial charge is 0.278 e. The first-order chi connectivity index (χ1) is 27.7. The number of quaternary nitrogens is 2. The van der Waals surface area contributed by atoms with Crippen LogP contribution in [-0.2, 0) is 19.2 Å². The monoisotopic (exact) mass is 823 g/mol. The highest BCUT2D eigenvalue weighted by molar-refractivity contribution is 5.81. The van der Waals surface area contributed by atoms with Gasteiger partial charge in [0.05, 0.1) is 42.3 Å². The van der Waals surface area contributed by atoms with Gasteiger partial charge in [0.25, 0.3) is 11.8 Å². The van der Waals surface area contributed by atoms with Gasteiger partial charge in [-0.25, -0.2) is 0 Å². The van der Waals surface area contributed by atoms with Crippen LogP contribution in [0, 0.1) is 0 Å². The fourth-order valence-corrected chi connectivity index (χ4v) is 7.75. The number of carbonyl (C=O) groups is 4. The average Bonchev–Trinajstić information content (AvgIpc) is 3.16. The van der Waals surface area contributed by atoms with Gasteiger partial charge in [-0.1, -0.05) is 129 Å². The molecule has 0 bridgehead atoms. The van der Waals surface area contributed by atoms with Crippen LogP contribution < -0.4 is 21.3 Å². The van der Waals surface area contributed by atoms with Gasteiger partial charge >= 0.3 is 0 Å². The number of unbranched alkanes of at least 4 members (excludes halogenated alkanes) is 21. The second-order valence-electron chi connectivity index (χ2n) is 19.1. The molecular formula is C48H98N6O4+2. The van der Waals surface area contributed by atoms with E-state index in [-0.39, 0.29) is 35.7 Å². The number of hydrogen-bond acceptors (Lipinski definition) is 4. The Kier molecular flexibility index (Phi) is 35.2. The van der Waals surface area contributed by atoms with E-state index < -0.39 is 0 Å². The predicted molar refractivity (Wildman–Crippen MR) is 246 cm³/mol. The summed E-state index contributed by atoms with van der Waals surface area (Å²) >= 11 is 0. The first-order valence-corrected chi connectivity index (χ1v) is 24.4. The van der Waals surface area contributed by atoms with Crippen molar-refractivity contribution in [2.75, 3.05) is 68.5 Å². The Balaban J connectivity index is 4.11. The summed E-state index contributed by atoms with van der Waals surface area (Å²) in [5, 5.41) is 12.5. The van der Waals surface area contributed by atoms with E-state index in [9.17, 15) is 19.2 Å². The van der Waals surface area contributed by atoms with E-state index in [1.807, 2.05) is 0 Å². The molecule has 0 saturated heterocycles. The van der Waals surface area contributed by atoms with Crippen molar-refractivity contribution < 1.29 is 28.1 Å². The Hall–Kier alpha value is -2.20. The summed E-state index contributed by atoms with van der Waals surface area (Å²) in [6, 6.07) is -0.231. The number of rotatable bonds is 41. The largest absolute Gasteiger partial charge is 0.356 e. The SMILES string of the molecule is CCCCCCCCCCCC(=O)NCCCCC(C(=O)NCCCCCCNC(=O)C(CCCCNC(=O)CCCCCCCCCCC)[N+](C)(C)C)[N+](C)(C)C. The Morgan fingerprint density at radius 1 is 0.345 bits per heavy atom. The molecule has 10 heteroatoms. The van der Waals surface area contributed by atoms with Crippen LogP contribution in [0.25, 0.3) is 0 Å². The molecule has 0 aromatic heterocycles. The molecule has 4 N–H and O–H groups in total. The molecule has 0 rings (SSSR count). The summed E-state index contributed by atoms with van der Waals surface area (Å²) in [6.07, 6.45) is 32.9. The molecule has 0 saturated carbocycles. The fourth-order valence-electron chi connectivity index (χ4n) is 7.75. The van der Waals surface area contributed by atoms with Crippen LogP contribution in [0.15, 0.2) is 0 Å². The molecule has 10 nitrogen and oxygen atoms in total. The van der Waals surface area contributed by atoms with Crippen molar-refractivity contribution in [3.8, 4) is 0 Å². The number of nitrogens with zero attached hydrogens (tertiary/aromatic N) is 2. The van der Waals surface area contributed by atoms with Gasteiger partial charge in [-0.05, 0) is 51.4 Å². The molecule has 0 spiro atoms. The topological polar surface area (TPSA) is 116 Å². The zero-order chi connectivity index (χ0) is 43.3. The van der Waals surface area contributed by atoms with Crippen LogP contribution in [0.2, 0.25) is 0 Å². The number of carbonyl (C=O) groups excluding carboxylic acids is 4. The Labute approximate surface area is 359 Å². The van der Waals surface area contributed by atoms with E-state index in [1.54, 1.807) is 0 Å². The van der Waals surface area contributed by atoms with Crippen molar-refractivity contribution in [2.45, 2.75) is 219 Å². The molecule has 342 valence electrons. The zero-order valence-corrected chi connectivity index (χ0v) is 39.7. The molecule has 58 heavy (non-hydrogen) atoms. The van der Waals surface area contributed by atoms with Crippen LogP contribution in [0.4, 0.5) is 0 Å². The fraction of sp³-hybridized carbons (Fsp3) is 0.917. The first kappa shape index (κ1) is 55.8. The van der Waals surface area contributed by atoms with Crippen molar-refractivity contribution >= 4 is 23.6 Å². The summed E-state index contributed by atoms with van der Waals surface area (Å²) in [4.78, 5) is 50.8. The van der Waals surface area contributed by atoms with Crippen LogP contribution in [-0.4, -0.2) is 113 Å². The number of hydrogen-bond donors (Lipinski definition) is 4. The van der Waals surface area contributed by atoms with Gasteiger partial charge in [-0.2, -0.15) is 0 Å². The maximum atomic E-state index is 13.1. The van der Waals surface area contributed by atoms with Gasteiger partial charge in [0, 0.05) is 51.9 Å². The van der Waals surface area contributed by atoms with Gasteiger partial charge in [0.15, 0.2) is 12.1 Å². The first-order valence-electron chi connectivity index (χ1n) is 24.4. The van der Waals surface area contributed by atoms with E-state index in [0.717, 1.165) is 89.9 Å². The third-order valence-corrected chi connectivity index (χ3v) is 11.6. The Morgan fingerprint density at radius 3 is 0.914 bits per heavy atom. The average molecular weight is 823 g/mol. The lowest BCUT2D eigenvalue weighted by Crippen LogP contribution is -2.54. The van der Waals surface area contributed by atoms with Gasteiger partial charge in [-0.15, -0.1) is 0 Å². The molecule has 2 atom stereocenters. The summed E-state index contributed by atoms with van der Waals surface area (Å²) in [7, 11) is 12.5. The summed E-state index contributed by atoms with van der Waals surface area (Å²) < 4.78 is 1.17. The molecule has 2 unspecified atom stereocenters. The second kappa shape index (κ2) is 36.6. The van der Waals surface area contributed by atoms with Crippen molar-refractivity contribution in [2.24, 2.45) is 0 Å². The maximum Gasteiger partial charge on any atom is 0.278 e. The van der Waals surface area contributed by atoms with Gasteiger partial charge in [-0.3, -0.25) is 19.2 Å². The molecule has 0 aromatic rings. The zero-order valence-electron chi connectivity index (χ0n) is 39.7. The van der Waals surface area contributed by atoms with Crippen molar-refractivity contribution in [1.29, 1.82) is 0 Å². The van der Waals surface area contributed by atoms with Crippen molar-refractivity contribution in [3.63, 3.8) is 0 Å². The number of likely N-dealkylation sites (N-methyl/N-ethyl adjacent to an activating group) is 2. The van der Waals surface area contributed by atoms with E-state index in [4.69, 9.17) is 0 Å². The highest BCUT2D eigenvalue weighted by Gasteiger charge is 2.31. The second-order valence-corrected chi connectivity index (χ2v) is 19.1. The third-order valence-electron chi connectivity index (χ3n) is 11.6. The van der Waals surface area contributed by atoms with Crippen LogP contribution >= 0.6 is 0 Å². The molecular weight excluding hydrogens is 725 g/mol. The summed E-state index contributed by atoms with van der Waals surface area (Å²) in [5.74, 6) is 0.529. The molecule has 0 aliphatic heterocycles. The van der Waals surface area contributed by atoms with E-state index in [1.165, 1.54) is 89.9 Å². The quantitative estimate of drug-likeness (QED) is 0.0364. The lowest BCUT2D eigenvalue weighted by Gasteiger charge is -2.33. The van der Waals surface area contributed by atoms with Crippen LogP contribution in [0.3, 0.4) is 0 Å². The maximum absolute atomic E-state index is 13.1. The highest BCUT2D eigenvalue weighted by Crippen LogP contribution is 2.15. The van der Waals surface area contributed by atoms with Crippen molar-refractivity contribution in [3.05, 3.63) is 0 Å². The molecule has 0 aliphatic carbocycles. The molecule has 0 aliphatic rings. The molecule has 4 amide bonds. The molecule has 0 heterocycles. The summed E-state index contributed by atoms with van der Waals surface area (Å²) in [5.41, 5.74) is 0. The van der Waals surface area contributed by atoms with Crippen LogP contribution in [0.1, 0.15) is 206 Å². The van der Waals surface area contributed by atoms with E-state index in [0.29, 0.717) is 48.0 Å². The summed E-state index contributed by atoms with van der Waals surface area (Å²) in [6.45, 7) is 7.19.